The van der Waals surface area contributed by atoms with Crippen molar-refractivity contribution in [3.05, 3.63) is 12.0 Å². The number of oxazole rings is 1. The highest BCUT2D eigenvalue weighted by molar-refractivity contribution is 7.80. The minimum Gasteiger partial charge on any atom is -0.461 e. The van der Waals surface area contributed by atoms with Crippen LogP contribution in [0.25, 0.3) is 0 Å². The van der Waals surface area contributed by atoms with E-state index in [1.807, 2.05) is 4.90 Å². The van der Waals surface area contributed by atoms with Gasteiger partial charge in [0.15, 0.2) is 5.69 Å². The zero-order valence-electron chi connectivity index (χ0n) is 12.1. The van der Waals surface area contributed by atoms with Crippen molar-refractivity contribution in [1.29, 1.82) is 0 Å². The van der Waals surface area contributed by atoms with Crippen LogP contribution in [0.4, 0.5) is 6.01 Å². The van der Waals surface area contributed by atoms with Gasteiger partial charge < -0.3 is 19.8 Å². The number of aromatic nitrogens is 1. The molecule has 0 amide bonds. The Kier molecular flexibility index (Phi) is 6.44. The van der Waals surface area contributed by atoms with E-state index in [0.29, 0.717) is 36.5 Å². The molecule has 20 heavy (non-hydrogen) atoms. The first-order valence-electron chi connectivity index (χ1n) is 6.60. The first-order valence-corrected chi connectivity index (χ1v) is 7.00. The molecule has 6 nitrogen and oxygen atoms in total. The molecule has 1 aromatic heterocycles. The predicted octanol–water partition coefficient (Wildman–Crippen LogP) is 1.99. The van der Waals surface area contributed by atoms with Crippen LogP contribution in [-0.2, 0) is 4.74 Å². The van der Waals surface area contributed by atoms with Crippen LogP contribution in [0.15, 0.2) is 10.7 Å². The van der Waals surface area contributed by atoms with Crippen molar-refractivity contribution in [2.75, 3.05) is 24.6 Å². The predicted molar refractivity (Wildman–Crippen MR) is 80.9 cm³/mol. The van der Waals surface area contributed by atoms with Crippen molar-refractivity contribution in [2.45, 2.75) is 27.2 Å². The van der Waals surface area contributed by atoms with Gasteiger partial charge in [0, 0.05) is 19.5 Å². The molecule has 0 atom stereocenters. The number of rotatable bonds is 8. The smallest absolute Gasteiger partial charge is 0.360 e. The first kappa shape index (κ1) is 16.4. The number of hydrogen-bond acceptors (Lipinski definition) is 6. The molecule has 0 aliphatic heterocycles. The van der Waals surface area contributed by atoms with E-state index in [2.05, 4.69) is 18.8 Å². The summed E-state index contributed by atoms with van der Waals surface area (Å²) in [6.07, 6.45) is 1.88. The molecular formula is C13H21N3O3S. The topological polar surface area (TPSA) is 81.6 Å². The monoisotopic (exact) mass is 299 g/mol. The van der Waals surface area contributed by atoms with Gasteiger partial charge in [-0.1, -0.05) is 26.1 Å². The molecule has 0 fully saturated rings. The Labute approximate surface area is 124 Å². The second-order valence-electron chi connectivity index (χ2n) is 4.79. The first-order chi connectivity index (χ1) is 9.43. The van der Waals surface area contributed by atoms with Crippen LogP contribution in [0, 0.1) is 5.92 Å². The van der Waals surface area contributed by atoms with Crippen LogP contribution in [-0.4, -0.2) is 35.6 Å². The number of nitrogens with zero attached hydrogens (tertiary/aromatic N) is 2. The van der Waals surface area contributed by atoms with Gasteiger partial charge in [-0.2, -0.15) is 4.98 Å². The SMILES string of the molecule is CCOC(=O)c1coc(N(CCC(N)=S)CC(C)C)n1. The zero-order valence-corrected chi connectivity index (χ0v) is 12.9. The minimum absolute atomic E-state index is 0.172. The van der Waals surface area contributed by atoms with Gasteiger partial charge in [0.2, 0.25) is 0 Å². The summed E-state index contributed by atoms with van der Waals surface area (Å²) in [4.78, 5) is 18.1. The molecule has 0 aromatic carbocycles. The van der Waals surface area contributed by atoms with E-state index in [1.54, 1.807) is 6.92 Å². The molecule has 0 bridgehead atoms. The molecule has 1 heterocycles. The summed E-state index contributed by atoms with van der Waals surface area (Å²) in [6.45, 7) is 7.57. The van der Waals surface area contributed by atoms with Crippen molar-refractivity contribution in [2.24, 2.45) is 11.7 Å². The Morgan fingerprint density at radius 1 is 1.60 bits per heavy atom. The Bertz CT molecular complexity index is 459. The molecule has 0 saturated carbocycles. The van der Waals surface area contributed by atoms with Gasteiger partial charge in [0.25, 0.3) is 6.01 Å². The van der Waals surface area contributed by atoms with Gasteiger partial charge in [-0.15, -0.1) is 0 Å². The summed E-state index contributed by atoms with van der Waals surface area (Å²) in [6, 6.07) is 0.387. The molecule has 2 N–H and O–H groups in total. The van der Waals surface area contributed by atoms with E-state index in [1.165, 1.54) is 6.26 Å². The van der Waals surface area contributed by atoms with Gasteiger partial charge in [0.05, 0.1) is 11.6 Å². The van der Waals surface area contributed by atoms with Crippen molar-refractivity contribution in [3.63, 3.8) is 0 Å². The summed E-state index contributed by atoms with van der Waals surface area (Å²) in [5.74, 6) is -0.0689. The van der Waals surface area contributed by atoms with Crippen molar-refractivity contribution in [1.82, 2.24) is 4.98 Å². The van der Waals surface area contributed by atoms with E-state index in [9.17, 15) is 4.79 Å². The van der Waals surface area contributed by atoms with Crippen molar-refractivity contribution >= 4 is 29.2 Å². The quantitative estimate of drug-likeness (QED) is 0.580. The third-order valence-electron chi connectivity index (χ3n) is 2.46. The second-order valence-corrected chi connectivity index (χ2v) is 5.32. The molecule has 0 saturated heterocycles. The lowest BCUT2D eigenvalue weighted by molar-refractivity contribution is 0.0519. The summed E-state index contributed by atoms with van der Waals surface area (Å²) < 4.78 is 10.2. The fourth-order valence-corrected chi connectivity index (χ4v) is 1.75. The van der Waals surface area contributed by atoms with Crippen molar-refractivity contribution in [3.8, 4) is 0 Å². The lowest BCUT2D eigenvalue weighted by Crippen LogP contribution is -2.31. The van der Waals surface area contributed by atoms with E-state index in [0.717, 1.165) is 6.54 Å². The van der Waals surface area contributed by atoms with Crippen LogP contribution in [0.3, 0.4) is 0 Å². The number of ether oxygens (including phenoxy) is 1. The lowest BCUT2D eigenvalue weighted by atomic mass is 10.2. The van der Waals surface area contributed by atoms with Crippen molar-refractivity contribution < 1.29 is 13.9 Å². The fourth-order valence-electron chi connectivity index (χ4n) is 1.66. The largest absolute Gasteiger partial charge is 0.461 e. The maximum atomic E-state index is 11.6. The molecule has 0 spiro atoms. The normalized spacial score (nSPS) is 10.6. The number of carbonyl (C=O) groups is 1. The number of thiocarbonyl (C=S) groups is 1. The van der Waals surface area contributed by atoms with Crippen LogP contribution in [0.1, 0.15) is 37.7 Å². The molecule has 0 unspecified atom stereocenters. The third kappa shape index (κ3) is 5.16. The fraction of sp³-hybridized carbons (Fsp3) is 0.615. The zero-order chi connectivity index (χ0) is 15.1. The Balaban J connectivity index is 2.79. The number of anilines is 1. The number of hydrogen-bond donors (Lipinski definition) is 1. The standard InChI is InChI=1S/C13H21N3O3S/c1-4-18-12(17)10-8-19-13(15-10)16(7-9(2)3)6-5-11(14)20/h8-9H,4-7H2,1-3H3,(H2,14,20). The molecule has 112 valence electrons. The van der Waals surface area contributed by atoms with Crippen LogP contribution < -0.4 is 10.6 Å². The minimum atomic E-state index is -0.485. The van der Waals surface area contributed by atoms with Gasteiger partial charge in [-0.25, -0.2) is 4.79 Å². The molecule has 0 radical (unpaired) electrons. The maximum Gasteiger partial charge on any atom is 0.360 e. The summed E-state index contributed by atoms with van der Waals surface area (Å²) in [5, 5.41) is 0. The number of esters is 1. The Morgan fingerprint density at radius 2 is 2.30 bits per heavy atom. The van der Waals surface area contributed by atoms with E-state index in [-0.39, 0.29) is 5.69 Å². The van der Waals surface area contributed by atoms with E-state index < -0.39 is 5.97 Å². The number of nitrogens with two attached hydrogens (primary N) is 1. The lowest BCUT2D eigenvalue weighted by Gasteiger charge is -2.22. The van der Waals surface area contributed by atoms with Crippen LogP contribution in [0.2, 0.25) is 0 Å². The Hall–Kier alpha value is -1.63. The highest BCUT2D eigenvalue weighted by atomic mass is 32.1. The van der Waals surface area contributed by atoms with Gasteiger partial charge in [-0.05, 0) is 12.8 Å². The summed E-state index contributed by atoms with van der Waals surface area (Å²) >= 11 is 4.88. The average Bonchev–Trinajstić information content (AvgIpc) is 2.83. The molecule has 7 heteroatoms. The second kappa shape index (κ2) is 7.84. The van der Waals surface area contributed by atoms with E-state index >= 15 is 0 Å². The highest BCUT2D eigenvalue weighted by Crippen LogP contribution is 2.16. The Morgan fingerprint density at radius 3 is 2.85 bits per heavy atom. The molecule has 1 aromatic rings. The van der Waals surface area contributed by atoms with Gasteiger partial charge >= 0.3 is 5.97 Å². The summed E-state index contributed by atoms with van der Waals surface area (Å²) in [7, 11) is 0. The summed E-state index contributed by atoms with van der Waals surface area (Å²) in [5.41, 5.74) is 5.69. The van der Waals surface area contributed by atoms with Crippen LogP contribution in [0.5, 0.6) is 0 Å². The molecule has 0 aliphatic carbocycles. The molecular weight excluding hydrogens is 278 g/mol. The van der Waals surface area contributed by atoms with E-state index in [4.69, 9.17) is 27.1 Å². The maximum absolute atomic E-state index is 11.6. The average molecular weight is 299 g/mol. The third-order valence-corrected chi connectivity index (χ3v) is 2.66. The number of carbonyl (C=O) groups excluding carboxylic acids is 1. The van der Waals surface area contributed by atoms with Crippen LogP contribution >= 0.6 is 12.2 Å². The highest BCUT2D eigenvalue weighted by Gasteiger charge is 2.18. The molecule has 1 rings (SSSR count). The molecule has 0 aliphatic rings. The van der Waals surface area contributed by atoms with Gasteiger partial charge in [0.1, 0.15) is 6.26 Å². The van der Waals surface area contributed by atoms with Gasteiger partial charge in [-0.3, -0.25) is 0 Å².